The van der Waals surface area contributed by atoms with Crippen LogP contribution in [0.2, 0.25) is 0 Å². The van der Waals surface area contributed by atoms with E-state index in [1.807, 2.05) is 38.1 Å². The Kier molecular flexibility index (Phi) is 4.28. The lowest BCUT2D eigenvalue weighted by molar-refractivity contribution is -0.138. The molecule has 3 aromatic rings. The van der Waals surface area contributed by atoms with Crippen LogP contribution in [-0.2, 0) is 9.53 Å². The third-order valence-electron chi connectivity index (χ3n) is 4.78. The van der Waals surface area contributed by atoms with E-state index in [4.69, 9.17) is 9.72 Å². The van der Waals surface area contributed by atoms with Gasteiger partial charge in [-0.05, 0) is 31.5 Å². The highest BCUT2D eigenvalue weighted by molar-refractivity contribution is 5.94. The summed E-state index contributed by atoms with van der Waals surface area (Å²) in [6.45, 7) is 7.73. The average Bonchev–Trinajstić information content (AvgIpc) is 3.03. The zero-order valence-electron chi connectivity index (χ0n) is 15.4. The summed E-state index contributed by atoms with van der Waals surface area (Å²) in [6, 6.07) is 15.8. The van der Waals surface area contributed by atoms with Crippen LogP contribution in [0.5, 0.6) is 0 Å². The van der Waals surface area contributed by atoms with Gasteiger partial charge in [-0.1, -0.05) is 54.6 Å². The van der Waals surface area contributed by atoms with Gasteiger partial charge < -0.3 is 10.1 Å². The second-order valence-corrected chi connectivity index (χ2v) is 6.66. The van der Waals surface area contributed by atoms with Crippen molar-refractivity contribution in [2.75, 3.05) is 11.9 Å². The van der Waals surface area contributed by atoms with Gasteiger partial charge in [0.05, 0.1) is 22.6 Å². The first-order chi connectivity index (χ1) is 13.1. The van der Waals surface area contributed by atoms with E-state index >= 15 is 0 Å². The number of allylic oxidation sites excluding steroid dienone is 1. The molecule has 5 nitrogen and oxygen atoms in total. The molecule has 0 fully saturated rings. The molecule has 1 N–H and O–H groups in total. The molecule has 136 valence electrons. The van der Waals surface area contributed by atoms with E-state index in [2.05, 4.69) is 40.7 Å². The predicted octanol–water partition coefficient (Wildman–Crippen LogP) is 4.36. The van der Waals surface area contributed by atoms with Gasteiger partial charge in [-0.3, -0.25) is 4.57 Å². The molecule has 2 heterocycles. The van der Waals surface area contributed by atoms with Gasteiger partial charge in [-0.25, -0.2) is 9.78 Å². The molecular weight excluding hydrogens is 338 g/mol. The lowest BCUT2D eigenvalue weighted by Crippen LogP contribution is -2.29. The summed E-state index contributed by atoms with van der Waals surface area (Å²) in [7, 11) is 0. The lowest BCUT2D eigenvalue weighted by atomic mass is 9.94. The Morgan fingerprint density at radius 3 is 2.70 bits per heavy atom. The molecule has 1 aliphatic rings. The Morgan fingerprint density at radius 1 is 1.22 bits per heavy atom. The van der Waals surface area contributed by atoms with Crippen LogP contribution in [0.15, 0.2) is 72.5 Å². The van der Waals surface area contributed by atoms with Crippen LogP contribution in [0, 0.1) is 6.92 Å². The maximum Gasteiger partial charge on any atom is 0.338 e. The van der Waals surface area contributed by atoms with E-state index in [0.717, 1.165) is 28.2 Å². The molecule has 0 radical (unpaired) electrons. The molecule has 0 bridgehead atoms. The Balaban J connectivity index is 1.93. The minimum atomic E-state index is -0.353. The highest BCUT2D eigenvalue weighted by Crippen LogP contribution is 2.39. The van der Waals surface area contributed by atoms with Crippen LogP contribution in [0.3, 0.4) is 0 Å². The minimum absolute atomic E-state index is 0.174. The zero-order valence-corrected chi connectivity index (χ0v) is 15.4. The SMILES string of the molecule is C=CCOC(=O)C1=C(C)Nc2nc3ccccc3n2C1c1ccc(C)cc1. The van der Waals surface area contributed by atoms with Crippen LogP contribution in [0.25, 0.3) is 11.0 Å². The molecule has 27 heavy (non-hydrogen) atoms. The fourth-order valence-electron chi connectivity index (χ4n) is 3.50. The summed E-state index contributed by atoms with van der Waals surface area (Å²) in [5.41, 5.74) is 5.35. The summed E-state index contributed by atoms with van der Waals surface area (Å²) in [6.07, 6.45) is 1.57. The number of aromatic nitrogens is 2. The van der Waals surface area contributed by atoms with Gasteiger partial charge in [0.25, 0.3) is 0 Å². The molecule has 1 unspecified atom stereocenters. The van der Waals surface area contributed by atoms with Crippen LogP contribution in [0.4, 0.5) is 5.95 Å². The van der Waals surface area contributed by atoms with Gasteiger partial charge in [0.1, 0.15) is 6.61 Å². The van der Waals surface area contributed by atoms with Crippen molar-refractivity contribution in [3.05, 3.63) is 83.6 Å². The zero-order chi connectivity index (χ0) is 19.0. The monoisotopic (exact) mass is 359 g/mol. The highest BCUT2D eigenvalue weighted by atomic mass is 16.5. The van der Waals surface area contributed by atoms with Crippen molar-refractivity contribution < 1.29 is 9.53 Å². The van der Waals surface area contributed by atoms with E-state index in [1.54, 1.807) is 6.08 Å². The van der Waals surface area contributed by atoms with Crippen LogP contribution >= 0.6 is 0 Å². The molecule has 1 aromatic heterocycles. The molecule has 0 spiro atoms. The van der Waals surface area contributed by atoms with E-state index in [1.165, 1.54) is 5.56 Å². The van der Waals surface area contributed by atoms with Crippen molar-refractivity contribution in [3.8, 4) is 0 Å². The highest BCUT2D eigenvalue weighted by Gasteiger charge is 2.34. The number of carbonyl (C=O) groups is 1. The molecule has 0 amide bonds. The Morgan fingerprint density at radius 2 is 1.96 bits per heavy atom. The van der Waals surface area contributed by atoms with Gasteiger partial charge in [0.2, 0.25) is 5.95 Å². The number of carbonyl (C=O) groups excluding carboxylic acids is 1. The molecule has 2 aromatic carbocycles. The summed E-state index contributed by atoms with van der Waals surface area (Å²) in [4.78, 5) is 17.6. The second kappa shape index (κ2) is 6.76. The number of nitrogens with zero attached hydrogens (tertiary/aromatic N) is 2. The fourth-order valence-corrected chi connectivity index (χ4v) is 3.50. The number of para-hydroxylation sites is 2. The van der Waals surface area contributed by atoms with Gasteiger partial charge in [-0.2, -0.15) is 0 Å². The van der Waals surface area contributed by atoms with Gasteiger partial charge in [0, 0.05) is 5.70 Å². The maximum atomic E-state index is 12.9. The number of fused-ring (bicyclic) bond motifs is 3. The van der Waals surface area contributed by atoms with Crippen LogP contribution in [-0.4, -0.2) is 22.1 Å². The summed E-state index contributed by atoms with van der Waals surface area (Å²) in [5.74, 6) is 0.369. The second-order valence-electron chi connectivity index (χ2n) is 6.66. The Bertz CT molecular complexity index is 1060. The number of imidazole rings is 1. The first-order valence-corrected chi connectivity index (χ1v) is 8.89. The van der Waals surface area contributed by atoms with Gasteiger partial charge in [-0.15, -0.1) is 0 Å². The fraction of sp³-hybridized carbons (Fsp3) is 0.182. The standard InChI is InChI=1S/C22H21N3O2/c1-4-13-27-21(26)19-15(3)23-22-24-17-7-5-6-8-18(17)25(22)20(19)16-11-9-14(2)10-12-16/h4-12,20H,1,13H2,2-3H3,(H,23,24). The van der Waals surface area contributed by atoms with Crippen molar-refractivity contribution >= 4 is 23.0 Å². The van der Waals surface area contributed by atoms with Crippen molar-refractivity contribution in [1.82, 2.24) is 9.55 Å². The molecule has 0 aliphatic carbocycles. The number of anilines is 1. The van der Waals surface area contributed by atoms with Gasteiger partial charge >= 0.3 is 5.97 Å². The summed E-state index contributed by atoms with van der Waals surface area (Å²) in [5, 5.41) is 3.27. The van der Waals surface area contributed by atoms with E-state index < -0.39 is 0 Å². The van der Waals surface area contributed by atoms with Crippen LogP contribution < -0.4 is 5.32 Å². The number of hydrogen-bond acceptors (Lipinski definition) is 4. The van der Waals surface area contributed by atoms with Crippen molar-refractivity contribution in [1.29, 1.82) is 0 Å². The largest absolute Gasteiger partial charge is 0.458 e. The molecule has 4 rings (SSSR count). The predicted molar refractivity (Wildman–Crippen MR) is 107 cm³/mol. The van der Waals surface area contributed by atoms with Crippen molar-refractivity contribution in [2.45, 2.75) is 19.9 Å². The molecule has 0 saturated heterocycles. The number of aryl methyl sites for hydroxylation is 1. The molecule has 5 heteroatoms. The Labute approximate surface area is 158 Å². The molecular formula is C22H21N3O2. The third-order valence-corrected chi connectivity index (χ3v) is 4.78. The average molecular weight is 359 g/mol. The van der Waals surface area contributed by atoms with Crippen LogP contribution in [0.1, 0.15) is 24.1 Å². The number of nitrogens with one attached hydrogen (secondary N) is 1. The first kappa shape index (κ1) is 17.1. The molecule has 1 atom stereocenters. The summed E-state index contributed by atoms with van der Waals surface area (Å²) < 4.78 is 7.46. The topological polar surface area (TPSA) is 56.1 Å². The van der Waals surface area contributed by atoms with Gasteiger partial charge in [0.15, 0.2) is 0 Å². The smallest absolute Gasteiger partial charge is 0.338 e. The lowest BCUT2D eigenvalue weighted by Gasteiger charge is -2.30. The normalized spacial score (nSPS) is 16.0. The van der Waals surface area contributed by atoms with E-state index in [9.17, 15) is 4.79 Å². The third kappa shape index (κ3) is 2.91. The maximum absolute atomic E-state index is 12.9. The molecule has 1 aliphatic heterocycles. The number of benzene rings is 2. The van der Waals surface area contributed by atoms with Crippen molar-refractivity contribution in [3.63, 3.8) is 0 Å². The molecule has 0 saturated carbocycles. The number of esters is 1. The van der Waals surface area contributed by atoms with Crippen molar-refractivity contribution in [2.24, 2.45) is 0 Å². The van der Waals surface area contributed by atoms with E-state index in [-0.39, 0.29) is 18.6 Å². The van der Waals surface area contributed by atoms with E-state index in [0.29, 0.717) is 5.57 Å². The summed E-state index contributed by atoms with van der Waals surface area (Å²) >= 11 is 0. The Hall–Kier alpha value is -3.34. The number of rotatable bonds is 4. The minimum Gasteiger partial charge on any atom is -0.458 e. The number of ether oxygens (including phenoxy) is 1. The first-order valence-electron chi connectivity index (χ1n) is 8.89. The number of hydrogen-bond donors (Lipinski definition) is 1. The quantitative estimate of drug-likeness (QED) is 0.555.